The summed E-state index contributed by atoms with van der Waals surface area (Å²) in [6.45, 7) is 2.25. The van der Waals surface area contributed by atoms with Crippen molar-refractivity contribution in [3.05, 3.63) is 0 Å². The molecule has 0 unspecified atom stereocenters. The number of ether oxygens (including phenoxy) is 1. The lowest BCUT2D eigenvalue weighted by molar-refractivity contribution is -0.159. The van der Waals surface area contributed by atoms with Gasteiger partial charge in [-0.05, 0) is 19.3 Å². The molecule has 31 heavy (non-hydrogen) atoms. The predicted molar refractivity (Wildman–Crippen MR) is 126 cm³/mol. The standard InChI is InChI=1S/C26H48O5/c1-2-3-4-5-6-7-8-9-10-11-12-16-19-22-25(29)31-26(30)23-20-17-14-13-15-18-21-24(27)28/h2-23H2,1H3,(H,27,28). The SMILES string of the molecule is CCCCCCCCCCCCCCCC(=O)OC(=O)CCCCCCCCC(=O)O. The molecule has 0 aromatic rings. The van der Waals surface area contributed by atoms with Gasteiger partial charge < -0.3 is 9.84 Å². The van der Waals surface area contributed by atoms with Gasteiger partial charge in [-0.15, -0.1) is 0 Å². The molecule has 1 N–H and O–H groups in total. The quantitative estimate of drug-likeness (QED) is 0.0998. The van der Waals surface area contributed by atoms with E-state index in [1.54, 1.807) is 0 Å². The molecule has 0 aromatic carbocycles. The van der Waals surface area contributed by atoms with Crippen LogP contribution in [-0.4, -0.2) is 23.0 Å². The fraction of sp³-hybridized carbons (Fsp3) is 0.885. The van der Waals surface area contributed by atoms with Crippen LogP contribution in [0.4, 0.5) is 0 Å². The summed E-state index contributed by atoms with van der Waals surface area (Å²) in [7, 11) is 0. The van der Waals surface area contributed by atoms with Gasteiger partial charge >= 0.3 is 17.9 Å². The molecule has 5 nitrogen and oxygen atoms in total. The maximum atomic E-state index is 11.7. The third kappa shape index (κ3) is 24.7. The van der Waals surface area contributed by atoms with Gasteiger partial charge in [-0.25, -0.2) is 0 Å². The summed E-state index contributed by atoms with van der Waals surface area (Å²) in [5, 5.41) is 8.56. The van der Waals surface area contributed by atoms with Crippen LogP contribution in [0.2, 0.25) is 0 Å². The van der Waals surface area contributed by atoms with Crippen LogP contribution in [-0.2, 0) is 19.1 Å². The normalized spacial score (nSPS) is 10.9. The second-order valence-electron chi connectivity index (χ2n) is 8.85. The summed E-state index contributed by atoms with van der Waals surface area (Å²) in [6.07, 6.45) is 22.5. The Bertz CT molecular complexity index is 447. The second kappa shape index (κ2) is 23.3. The molecule has 0 bridgehead atoms. The van der Waals surface area contributed by atoms with Gasteiger partial charge in [-0.3, -0.25) is 14.4 Å². The lowest BCUT2D eigenvalue weighted by atomic mass is 10.0. The topological polar surface area (TPSA) is 80.7 Å². The Hall–Kier alpha value is -1.39. The Kier molecular flexibility index (Phi) is 22.2. The lowest BCUT2D eigenvalue weighted by Gasteiger charge is -2.04. The number of esters is 2. The first-order chi connectivity index (χ1) is 15.1. The summed E-state index contributed by atoms with van der Waals surface area (Å²) in [6, 6.07) is 0. The Balaban J connectivity index is 3.32. The van der Waals surface area contributed by atoms with Crippen LogP contribution in [0.1, 0.15) is 148 Å². The highest BCUT2D eigenvalue weighted by Gasteiger charge is 2.09. The zero-order valence-corrected chi connectivity index (χ0v) is 20.1. The van der Waals surface area contributed by atoms with E-state index in [-0.39, 0.29) is 12.4 Å². The molecule has 0 heterocycles. The average molecular weight is 441 g/mol. The number of aliphatic carboxylic acids is 1. The minimum Gasteiger partial charge on any atom is -0.481 e. The molecule has 0 amide bonds. The van der Waals surface area contributed by atoms with Gasteiger partial charge in [0, 0.05) is 19.3 Å². The van der Waals surface area contributed by atoms with Gasteiger partial charge in [-0.2, -0.15) is 0 Å². The molecule has 0 rings (SSSR count). The molecule has 0 aliphatic heterocycles. The molecule has 0 aliphatic carbocycles. The number of hydrogen-bond acceptors (Lipinski definition) is 4. The zero-order chi connectivity index (χ0) is 23.0. The van der Waals surface area contributed by atoms with Crippen molar-refractivity contribution >= 4 is 17.9 Å². The lowest BCUT2D eigenvalue weighted by Crippen LogP contribution is -2.11. The van der Waals surface area contributed by atoms with E-state index >= 15 is 0 Å². The van der Waals surface area contributed by atoms with E-state index in [0.717, 1.165) is 51.4 Å². The molecule has 5 heteroatoms. The van der Waals surface area contributed by atoms with Gasteiger partial charge in [0.1, 0.15) is 0 Å². The van der Waals surface area contributed by atoms with Gasteiger partial charge in [0.2, 0.25) is 0 Å². The van der Waals surface area contributed by atoms with Crippen molar-refractivity contribution < 1.29 is 24.2 Å². The van der Waals surface area contributed by atoms with Crippen LogP contribution in [0.5, 0.6) is 0 Å². The molecule has 0 fully saturated rings. The van der Waals surface area contributed by atoms with Crippen LogP contribution in [0.3, 0.4) is 0 Å². The van der Waals surface area contributed by atoms with E-state index in [0.29, 0.717) is 19.3 Å². The molecular formula is C26H48O5. The zero-order valence-electron chi connectivity index (χ0n) is 20.1. The van der Waals surface area contributed by atoms with E-state index in [4.69, 9.17) is 9.84 Å². The van der Waals surface area contributed by atoms with Crippen LogP contribution in [0.15, 0.2) is 0 Å². The predicted octanol–water partition coefficient (Wildman–Crippen LogP) is 7.74. The number of carbonyl (C=O) groups excluding carboxylic acids is 2. The van der Waals surface area contributed by atoms with Gasteiger partial charge in [0.25, 0.3) is 0 Å². The number of carbonyl (C=O) groups is 3. The molecule has 0 aliphatic rings. The maximum Gasteiger partial charge on any atom is 0.313 e. The van der Waals surface area contributed by atoms with E-state index in [1.807, 2.05) is 0 Å². The van der Waals surface area contributed by atoms with Crippen molar-refractivity contribution in [1.29, 1.82) is 0 Å². The second-order valence-corrected chi connectivity index (χ2v) is 8.85. The molecule has 0 atom stereocenters. The highest BCUT2D eigenvalue weighted by atomic mass is 16.6. The van der Waals surface area contributed by atoms with E-state index in [1.165, 1.54) is 64.2 Å². The third-order valence-corrected chi connectivity index (χ3v) is 5.73. The summed E-state index contributed by atoms with van der Waals surface area (Å²) in [5.74, 6) is -1.54. The van der Waals surface area contributed by atoms with Crippen molar-refractivity contribution in [2.24, 2.45) is 0 Å². The first kappa shape index (κ1) is 29.6. The number of carboxylic acids is 1. The molecule has 182 valence electrons. The first-order valence-corrected chi connectivity index (χ1v) is 13.0. The number of unbranched alkanes of at least 4 members (excludes halogenated alkanes) is 17. The van der Waals surface area contributed by atoms with Gasteiger partial charge in [0.05, 0.1) is 0 Å². The van der Waals surface area contributed by atoms with Crippen molar-refractivity contribution in [2.75, 3.05) is 0 Å². The highest BCUT2D eigenvalue weighted by Crippen LogP contribution is 2.13. The summed E-state index contributed by atoms with van der Waals surface area (Å²) in [5.41, 5.74) is 0. The first-order valence-electron chi connectivity index (χ1n) is 13.0. The smallest absolute Gasteiger partial charge is 0.313 e. The van der Waals surface area contributed by atoms with Crippen LogP contribution >= 0.6 is 0 Å². The molecule has 0 radical (unpaired) electrons. The van der Waals surface area contributed by atoms with E-state index < -0.39 is 11.9 Å². The average Bonchev–Trinajstić information content (AvgIpc) is 2.73. The van der Waals surface area contributed by atoms with E-state index in [9.17, 15) is 14.4 Å². The summed E-state index contributed by atoms with van der Waals surface area (Å²) >= 11 is 0. The van der Waals surface area contributed by atoms with Gasteiger partial charge in [-0.1, -0.05) is 110 Å². The number of carboxylic acid groups (broad SMARTS) is 1. The number of rotatable bonds is 23. The van der Waals surface area contributed by atoms with Crippen molar-refractivity contribution in [1.82, 2.24) is 0 Å². The fourth-order valence-corrected chi connectivity index (χ4v) is 3.77. The summed E-state index contributed by atoms with van der Waals surface area (Å²) in [4.78, 5) is 33.8. The number of hydrogen-bond donors (Lipinski definition) is 1. The molecule has 0 saturated heterocycles. The minimum absolute atomic E-state index is 0.230. The van der Waals surface area contributed by atoms with Crippen molar-refractivity contribution in [2.45, 2.75) is 148 Å². The Morgan fingerprint density at radius 1 is 0.484 bits per heavy atom. The van der Waals surface area contributed by atoms with Crippen molar-refractivity contribution in [3.63, 3.8) is 0 Å². The molecular weight excluding hydrogens is 392 g/mol. The Morgan fingerprint density at radius 2 is 0.774 bits per heavy atom. The summed E-state index contributed by atoms with van der Waals surface area (Å²) < 4.78 is 4.89. The molecule has 0 aromatic heterocycles. The Labute approximate surface area is 190 Å². The van der Waals surface area contributed by atoms with Crippen molar-refractivity contribution in [3.8, 4) is 0 Å². The third-order valence-electron chi connectivity index (χ3n) is 5.73. The molecule has 0 saturated carbocycles. The largest absolute Gasteiger partial charge is 0.481 e. The fourth-order valence-electron chi connectivity index (χ4n) is 3.77. The van der Waals surface area contributed by atoms with Crippen LogP contribution in [0, 0.1) is 0 Å². The Morgan fingerprint density at radius 3 is 1.10 bits per heavy atom. The highest BCUT2D eigenvalue weighted by molar-refractivity contribution is 5.85. The maximum absolute atomic E-state index is 11.7. The van der Waals surface area contributed by atoms with E-state index in [2.05, 4.69) is 6.92 Å². The van der Waals surface area contributed by atoms with Crippen LogP contribution < -0.4 is 0 Å². The monoisotopic (exact) mass is 440 g/mol. The molecule has 0 spiro atoms. The van der Waals surface area contributed by atoms with Gasteiger partial charge in [0.15, 0.2) is 0 Å². The minimum atomic E-state index is -0.744. The van der Waals surface area contributed by atoms with Crippen LogP contribution in [0.25, 0.3) is 0 Å².